The highest BCUT2D eigenvalue weighted by atomic mass is 32.2. The van der Waals surface area contributed by atoms with Gasteiger partial charge in [-0.3, -0.25) is 0 Å². The zero-order valence-corrected chi connectivity index (χ0v) is 10.5. The third-order valence-corrected chi connectivity index (χ3v) is 4.86. The zero-order chi connectivity index (χ0) is 12.6. The summed E-state index contributed by atoms with van der Waals surface area (Å²) in [5.41, 5.74) is 1.17. The summed E-state index contributed by atoms with van der Waals surface area (Å²) in [6, 6.07) is 4.65. The first-order valence-corrected chi connectivity index (χ1v) is 7.02. The fourth-order valence-corrected chi connectivity index (χ4v) is 2.56. The Morgan fingerprint density at radius 2 is 2.06 bits per heavy atom. The second-order valence-corrected chi connectivity index (χ2v) is 6.85. The molecule has 0 radical (unpaired) electrons. The molecule has 17 heavy (non-hydrogen) atoms. The molecule has 0 bridgehead atoms. The van der Waals surface area contributed by atoms with E-state index >= 15 is 0 Å². The molecule has 0 saturated heterocycles. The van der Waals surface area contributed by atoms with Crippen LogP contribution in [0.25, 0.3) is 11.0 Å². The Hall–Kier alpha value is -1.49. The number of furan rings is 1. The number of hydrogen-bond donors (Lipinski definition) is 1. The number of phenols is 1. The highest BCUT2D eigenvalue weighted by Gasteiger charge is 2.19. The van der Waals surface area contributed by atoms with Gasteiger partial charge in [-0.2, -0.15) is 0 Å². The zero-order valence-electron chi connectivity index (χ0n) is 9.67. The van der Waals surface area contributed by atoms with E-state index in [9.17, 15) is 13.5 Å². The summed E-state index contributed by atoms with van der Waals surface area (Å²) in [5, 5.41) is 9.61. The van der Waals surface area contributed by atoms with Gasteiger partial charge in [-0.05, 0) is 32.0 Å². The first kappa shape index (κ1) is 12.0. The van der Waals surface area contributed by atoms with E-state index < -0.39 is 15.1 Å². The van der Waals surface area contributed by atoms with Crippen LogP contribution in [-0.2, 0) is 15.6 Å². The van der Waals surface area contributed by atoms with Crippen LogP contribution in [0.3, 0.4) is 0 Å². The van der Waals surface area contributed by atoms with Gasteiger partial charge in [0.05, 0.1) is 17.3 Å². The summed E-state index contributed by atoms with van der Waals surface area (Å²) in [6.45, 7) is 3.30. The Morgan fingerprint density at radius 3 is 2.71 bits per heavy atom. The van der Waals surface area contributed by atoms with Crippen molar-refractivity contribution >= 4 is 20.8 Å². The van der Waals surface area contributed by atoms with Gasteiger partial charge in [-0.15, -0.1) is 0 Å². The number of benzene rings is 1. The summed E-state index contributed by atoms with van der Waals surface area (Å²) >= 11 is 0. The van der Waals surface area contributed by atoms with E-state index in [2.05, 4.69) is 0 Å². The molecule has 2 rings (SSSR count). The van der Waals surface area contributed by atoms with Gasteiger partial charge in [0.1, 0.15) is 11.3 Å². The molecule has 0 aliphatic heterocycles. The van der Waals surface area contributed by atoms with Crippen molar-refractivity contribution in [1.82, 2.24) is 0 Å². The predicted molar refractivity (Wildman–Crippen MR) is 65.6 cm³/mol. The molecule has 0 spiro atoms. The van der Waals surface area contributed by atoms with Gasteiger partial charge >= 0.3 is 0 Å². The van der Waals surface area contributed by atoms with Crippen LogP contribution in [0, 0.1) is 0 Å². The minimum atomic E-state index is -3.17. The summed E-state index contributed by atoms with van der Waals surface area (Å²) in [6.07, 6.45) is 1.43. The van der Waals surface area contributed by atoms with Crippen LogP contribution in [0.15, 0.2) is 28.9 Å². The first-order valence-electron chi connectivity index (χ1n) is 5.31. The molecule has 0 unspecified atom stereocenters. The van der Waals surface area contributed by atoms with Gasteiger partial charge in [0.15, 0.2) is 9.84 Å². The quantitative estimate of drug-likeness (QED) is 0.913. The van der Waals surface area contributed by atoms with Crippen LogP contribution in [0.2, 0.25) is 0 Å². The SMILES string of the molecule is CC(C)S(=O)(=O)Cc1coc2ccc(O)cc12. The Balaban J connectivity index is 2.47. The maximum Gasteiger partial charge on any atom is 0.156 e. The molecule has 1 heterocycles. The number of rotatable bonds is 3. The smallest absolute Gasteiger partial charge is 0.156 e. The van der Waals surface area contributed by atoms with E-state index in [-0.39, 0.29) is 11.5 Å². The molecule has 1 aromatic heterocycles. The number of hydrogen-bond acceptors (Lipinski definition) is 4. The lowest BCUT2D eigenvalue weighted by Gasteiger charge is -2.05. The van der Waals surface area contributed by atoms with Crippen molar-refractivity contribution in [2.75, 3.05) is 0 Å². The van der Waals surface area contributed by atoms with Crippen LogP contribution in [0.1, 0.15) is 19.4 Å². The standard InChI is InChI=1S/C12H14O4S/c1-8(2)17(14,15)7-9-6-16-12-4-3-10(13)5-11(9)12/h3-6,8,13H,7H2,1-2H3. The van der Waals surface area contributed by atoms with Crippen LogP contribution >= 0.6 is 0 Å². The molecule has 1 N–H and O–H groups in total. The minimum absolute atomic E-state index is 0.0683. The van der Waals surface area contributed by atoms with Crippen molar-refractivity contribution in [2.45, 2.75) is 24.9 Å². The molecule has 0 amide bonds. The predicted octanol–water partition coefficient (Wildman–Crippen LogP) is 2.46. The van der Waals surface area contributed by atoms with Crippen molar-refractivity contribution in [3.05, 3.63) is 30.0 Å². The fraction of sp³-hybridized carbons (Fsp3) is 0.333. The second kappa shape index (κ2) is 4.07. The maximum absolute atomic E-state index is 11.8. The third-order valence-electron chi connectivity index (χ3n) is 2.71. The molecule has 0 fully saturated rings. The Labute approximate surface area is 99.8 Å². The van der Waals surface area contributed by atoms with Gasteiger partial charge in [-0.1, -0.05) is 0 Å². The molecule has 0 aliphatic rings. The van der Waals surface area contributed by atoms with Crippen molar-refractivity contribution < 1.29 is 17.9 Å². The summed E-state index contributed by atoms with van der Waals surface area (Å²) in [5.74, 6) is 0.0308. The molecule has 0 aliphatic carbocycles. The average molecular weight is 254 g/mol. The Morgan fingerprint density at radius 1 is 1.35 bits per heavy atom. The lowest BCUT2D eigenvalue weighted by atomic mass is 10.2. The summed E-state index contributed by atoms with van der Waals surface area (Å²) < 4.78 is 28.9. The monoisotopic (exact) mass is 254 g/mol. The molecule has 0 saturated carbocycles. The van der Waals surface area contributed by atoms with Gasteiger partial charge in [0.25, 0.3) is 0 Å². The number of aromatic hydroxyl groups is 1. The molecular weight excluding hydrogens is 240 g/mol. The van der Waals surface area contributed by atoms with E-state index in [1.54, 1.807) is 19.9 Å². The fourth-order valence-electron chi connectivity index (χ4n) is 1.56. The first-order chi connectivity index (χ1) is 7.90. The highest BCUT2D eigenvalue weighted by molar-refractivity contribution is 7.91. The van der Waals surface area contributed by atoms with E-state index in [0.29, 0.717) is 16.5 Å². The molecule has 4 nitrogen and oxygen atoms in total. The number of fused-ring (bicyclic) bond motifs is 1. The van der Waals surface area contributed by atoms with Gasteiger partial charge in [0.2, 0.25) is 0 Å². The van der Waals surface area contributed by atoms with Crippen LogP contribution in [-0.4, -0.2) is 18.8 Å². The molecule has 5 heteroatoms. The van der Waals surface area contributed by atoms with Gasteiger partial charge in [-0.25, -0.2) is 8.42 Å². The Kier molecular flexibility index (Phi) is 2.87. The molecule has 2 aromatic rings. The summed E-state index contributed by atoms with van der Waals surface area (Å²) in [4.78, 5) is 0. The van der Waals surface area contributed by atoms with Gasteiger partial charge < -0.3 is 9.52 Å². The lowest BCUT2D eigenvalue weighted by Crippen LogP contribution is -2.15. The van der Waals surface area contributed by atoms with E-state index in [4.69, 9.17) is 4.42 Å². The number of phenolic OH excluding ortho intramolecular Hbond substituents is 1. The summed E-state index contributed by atoms with van der Waals surface area (Å²) in [7, 11) is -3.17. The van der Waals surface area contributed by atoms with E-state index in [0.717, 1.165) is 0 Å². The van der Waals surface area contributed by atoms with Crippen molar-refractivity contribution in [2.24, 2.45) is 0 Å². The van der Waals surface area contributed by atoms with E-state index in [1.165, 1.54) is 18.4 Å². The highest BCUT2D eigenvalue weighted by Crippen LogP contribution is 2.27. The second-order valence-electron chi connectivity index (χ2n) is 4.30. The van der Waals surface area contributed by atoms with Crippen LogP contribution in [0.4, 0.5) is 0 Å². The lowest BCUT2D eigenvalue weighted by molar-refractivity contribution is 0.476. The molecular formula is C12H14O4S. The van der Waals surface area contributed by atoms with Crippen LogP contribution in [0.5, 0.6) is 5.75 Å². The van der Waals surface area contributed by atoms with Crippen molar-refractivity contribution in [3.63, 3.8) is 0 Å². The Bertz CT molecular complexity index is 638. The maximum atomic E-state index is 11.8. The molecule has 1 aromatic carbocycles. The van der Waals surface area contributed by atoms with Gasteiger partial charge in [0, 0.05) is 10.9 Å². The molecule has 0 atom stereocenters. The third kappa shape index (κ3) is 2.29. The average Bonchev–Trinajstić information content (AvgIpc) is 2.60. The molecule has 92 valence electrons. The largest absolute Gasteiger partial charge is 0.508 e. The minimum Gasteiger partial charge on any atom is -0.508 e. The topological polar surface area (TPSA) is 67.5 Å². The van der Waals surface area contributed by atoms with Crippen molar-refractivity contribution in [1.29, 1.82) is 0 Å². The van der Waals surface area contributed by atoms with E-state index in [1.807, 2.05) is 0 Å². The normalized spacial score (nSPS) is 12.4. The van der Waals surface area contributed by atoms with Crippen molar-refractivity contribution in [3.8, 4) is 5.75 Å². The number of sulfone groups is 1. The van der Waals surface area contributed by atoms with Crippen LogP contribution < -0.4 is 0 Å².